The number of aliphatic hydroxyl groups excluding tert-OH is 1. The van der Waals surface area contributed by atoms with E-state index in [1.54, 1.807) is 36.4 Å². The number of Topliss-reactive ketones (excluding diaryl/α,β-unsaturated/α-hetero) is 1. The third kappa shape index (κ3) is 2.86. The Morgan fingerprint density at radius 1 is 1.06 bits per heavy atom. The number of carbonyl (C=O) groups excluding carboxylic acids is 1. The fourth-order valence-corrected chi connectivity index (χ4v) is 2.07. The van der Waals surface area contributed by atoms with Crippen LogP contribution in [-0.4, -0.2) is 10.9 Å². The first-order chi connectivity index (χ1) is 8.72. The zero-order valence-electron chi connectivity index (χ0n) is 9.71. The van der Waals surface area contributed by atoms with Gasteiger partial charge in [-0.25, -0.2) is 0 Å². The zero-order chi connectivity index (χ0) is 13.0. The van der Waals surface area contributed by atoms with Crippen LogP contribution in [0.5, 0.6) is 0 Å². The molecule has 0 aromatic heterocycles. The van der Waals surface area contributed by atoms with E-state index in [4.69, 9.17) is 0 Å². The van der Waals surface area contributed by atoms with E-state index in [1.165, 1.54) is 0 Å². The van der Waals surface area contributed by atoms with Crippen LogP contribution in [-0.2, 0) is 5.33 Å². The van der Waals surface area contributed by atoms with Gasteiger partial charge in [0.2, 0.25) is 0 Å². The van der Waals surface area contributed by atoms with E-state index in [-0.39, 0.29) is 5.78 Å². The normalized spacial score (nSPS) is 12.1. The van der Waals surface area contributed by atoms with E-state index in [0.29, 0.717) is 11.1 Å². The summed E-state index contributed by atoms with van der Waals surface area (Å²) >= 11 is 3.36. The molecule has 1 atom stereocenters. The molecule has 0 aliphatic rings. The Labute approximate surface area is 114 Å². The Balaban J connectivity index is 2.20. The van der Waals surface area contributed by atoms with Crippen molar-refractivity contribution in [3.8, 4) is 0 Å². The molecule has 3 heteroatoms. The molecule has 1 N–H and O–H groups in total. The minimum Gasteiger partial charge on any atom is -0.380 e. The van der Waals surface area contributed by atoms with Crippen molar-refractivity contribution in [2.24, 2.45) is 0 Å². The van der Waals surface area contributed by atoms with E-state index in [2.05, 4.69) is 15.9 Å². The number of aliphatic hydroxyl groups is 1. The van der Waals surface area contributed by atoms with Gasteiger partial charge in [-0.1, -0.05) is 70.5 Å². The Morgan fingerprint density at radius 2 is 1.67 bits per heavy atom. The predicted octanol–water partition coefficient (Wildman–Crippen LogP) is 3.50. The molecule has 0 bridgehead atoms. The summed E-state index contributed by atoms with van der Waals surface area (Å²) in [4.78, 5) is 12.0. The third-order valence-corrected chi connectivity index (χ3v) is 3.40. The fourth-order valence-electron chi connectivity index (χ4n) is 1.70. The molecule has 0 saturated carbocycles. The van der Waals surface area contributed by atoms with Gasteiger partial charge >= 0.3 is 0 Å². The van der Waals surface area contributed by atoms with Gasteiger partial charge in [-0.05, 0) is 11.1 Å². The molecular formula is C15H13BrO2. The topological polar surface area (TPSA) is 37.3 Å². The number of hydrogen-bond donors (Lipinski definition) is 1. The van der Waals surface area contributed by atoms with Crippen LogP contribution in [0.1, 0.15) is 27.6 Å². The summed E-state index contributed by atoms with van der Waals surface area (Å²) in [5.41, 5.74) is 2.25. The number of carbonyl (C=O) groups is 1. The minimum atomic E-state index is -1.10. The molecule has 2 aromatic carbocycles. The van der Waals surface area contributed by atoms with Crippen LogP contribution in [0.15, 0.2) is 54.6 Å². The number of rotatable bonds is 4. The number of halogens is 1. The first kappa shape index (κ1) is 13.0. The van der Waals surface area contributed by atoms with Crippen LogP contribution in [0, 0.1) is 0 Å². The quantitative estimate of drug-likeness (QED) is 0.693. The summed E-state index contributed by atoms with van der Waals surface area (Å²) in [7, 11) is 0. The standard InChI is InChI=1S/C15H13BrO2/c16-10-11-6-8-13(9-7-11)15(18)14(17)12-4-2-1-3-5-12/h1-9,15,18H,10H2. The molecule has 1 unspecified atom stereocenters. The van der Waals surface area contributed by atoms with Gasteiger partial charge in [-0.2, -0.15) is 0 Å². The molecule has 0 saturated heterocycles. The van der Waals surface area contributed by atoms with Crippen molar-refractivity contribution in [1.82, 2.24) is 0 Å². The van der Waals surface area contributed by atoms with E-state index in [0.717, 1.165) is 10.9 Å². The summed E-state index contributed by atoms with van der Waals surface area (Å²) < 4.78 is 0. The first-order valence-corrected chi connectivity index (χ1v) is 6.76. The van der Waals surface area contributed by atoms with E-state index < -0.39 is 6.10 Å². The molecule has 0 heterocycles. The number of alkyl halides is 1. The Hall–Kier alpha value is -1.45. The molecule has 0 radical (unpaired) electrons. The lowest BCUT2D eigenvalue weighted by molar-refractivity contribution is 0.0747. The number of hydrogen-bond acceptors (Lipinski definition) is 2. The fraction of sp³-hybridized carbons (Fsp3) is 0.133. The molecule has 2 rings (SSSR count). The predicted molar refractivity (Wildman–Crippen MR) is 74.8 cm³/mol. The third-order valence-electron chi connectivity index (χ3n) is 2.76. The van der Waals surface area contributed by atoms with Crippen LogP contribution in [0.4, 0.5) is 0 Å². The lowest BCUT2D eigenvalue weighted by atomic mass is 9.99. The largest absolute Gasteiger partial charge is 0.380 e. The smallest absolute Gasteiger partial charge is 0.195 e. The van der Waals surface area contributed by atoms with E-state index in [9.17, 15) is 9.90 Å². The molecule has 18 heavy (non-hydrogen) atoms. The van der Waals surface area contributed by atoms with Crippen LogP contribution in [0.2, 0.25) is 0 Å². The maximum Gasteiger partial charge on any atom is 0.195 e. The highest BCUT2D eigenvalue weighted by atomic mass is 79.9. The lowest BCUT2D eigenvalue weighted by Gasteiger charge is -2.10. The van der Waals surface area contributed by atoms with Crippen molar-refractivity contribution < 1.29 is 9.90 Å². The molecule has 0 spiro atoms. The average Bonchev–Trinajstić information content (AvgIpc) is 2.47. The van der Waals surface area contributed by atoms with E-state index in [1.807, 2.05) is 18.2 Å². The molecule has 0 fully saturated rings. The second kappa shape index (κ2) is 5.94. The SMILES string of the molecule is O=C(c1ccccc1)C(O)c1ccc(CBr)cc1. The van der Waals surface area contributed by atoms with Gasteiger partial charge in [0.1, 0.15) is 6.10 Å². The summed E-state index contributed by atoms with van der Waals surface area (Å²) in [6, 6.07) is 16.2. The van der Waals surface area contributed by atoms with Crippen LogP contribution in [0.25, 0.3) is 0 Å². The second-order valence-corrected chi connectivity index (χ2v) is 4.57. The highest BCUT2D eigenvalue weighted by Gasteiger charge is 2.18. The van der Waals surface area contributed by atoms with Crippen molar-refractivity contribution in [2.45, 2.75) is 11.4 Å². The van der Waals surface area contributed by atoms with Crippen molar-refractivity contribution in [3.05, 3.63) is 71.3 Å². The Kier molecular flexibility index (Phi) is 4.28. The minimum absolute atomic E-state index is 0.276. The van der Waals surface area contributed by atoms with Gasteiger partial charge in [-0.15, -0.1) is 0 Å². The molecule has 2 aromatic rings. The first-order valence-electron chi connectivity index (χ1n) is 5.64. The summed E-state index contributed by atoms with van der Waals surface area (Å²) in [6.07, 6.45) is -1.10. The second-order valence-electron chi connectivity index (χ2n) is 4.01. The van der Waals surface area contributed by atoms with Crippen LogP contribution >= 0.6 is 15.9 Å². The Morgan fingerprint density at radius 3 is 2.22 bits per heavy atom. The monoisotopic (exact) mass is 304 g/mol. The van der Waals surface area contributed by atoms with Crippen molar-refractivity contribution in [1.29, 1.82) is 0 Å². The molecular weight excluding hydrogens is 292 g/mol. The molecule has 0 amide bonds. The lowest BCUT2D eigenvalue weighted by Crippen LogP contribution is -2.12. The maximum atomic E-state index is 12.0. The number of benzene rings is 2. The zero-order valence-corrected chi connectivity index (χ0v) is 11.3. The van der Waals surface area contributed by atoms with Crippen molar-refractivity contribution >= 4 is 21.7 Å². The summed E-state index contributed by atoms with van der Waals surface area (Å²) in [6.45, 7) is 0. The number of ketones is 1. The van der Waals surface area contributed by atoms with Gasteiger partial charge in [0.25, 0.3) is 0 Å². The van der Waals surface area contributed by atoms with Crippen LogP contribution in [0.3, 0.4) is 0 Å². The Bertz CT molecular complexity index is 520. The molecule has 0 aliphatic carbocycles. The van der Waals surface area contributed by atoms with Crippen molar-refractivity contribution in [2.75, 3.05) is 0 Å². The summed E-state index contributed by atoms with van der Waals surface area (Å²) in [5, 5.41) is 10.8. The molecule has 2 nitrogen and oxygen atoms in total. The van der Waals surface area contributed by atoms with Crippen molar-refractivity contribution in [3.63, 3.8) is 0 Å². The van der Waals surface area contributed by atoms with Gasteiger partial charge in [0.05, 0.1) is 0 Å². The average molecular weight is 305 g/mol. The molecule has 0 aliphatic heterocycles. The molecule has 92 valence electrons. The summed E-state index contributed by atoms with van der Waals surface area (Å²) in [5.74, 6) is -0.276. The highest BCUT2D eigenvalue weighted by Crippen LogP contribution is 2.19. The maximum absolute atomic E-state index is 12.0. The van der Waals surface area contributed by atoms with Gasteiger partial charge in [0, 0.05) is 10.9 Å². The van der Waals surface area contributed by atoms with E-state index >= 15 is 0 Å². The highest BCUT2D eigenvalue weighted by molar-refractivity contribution is 9.08. The van der Waals surface area contributed by atoms with Gasteiger partial charge in [0.15, 0.2) is 5.78 Å². The van der Waals surface area contributed by atoms with Gasteiger partial charge in [-0.3, -0.25) is 4.79 Å². The van der Waals surface area contributed by atoms with Crippen LogP contribution < -0.4 is 0 Å². The van der Waals surface area contributed by atoms with Gasteiger partial charge < -0.3 is 5.11 Å².